The highest BCUT2D eigenvalue weighted by Gasteiger charge is 2.27. The lowest BCUT2D eigenvalue weighted by atomic mass is 10.1. The van der Waals surface area contributed by atoms with Gasteiger partial charge in [0.15, 0.2) is 16.9 Å². The molecule has 1 aliphatic heterocycles. The van der Waals surface area contributed by atoms with Gasteiger partial charge in [0.2, 0.25) is 5.95 Å². The number of hydrogen-bond acceptors (Lipinski definition) is 6. The molecule has 0 bridgehead atoms. The van der Waals surface area contributed by atoms with Crippen LogP contribution >= 0.6 is 0 Å². The first kappa shape index (κ1) is 23.7. The number of rotatable bonds is 6. The van der Waals surface area contributed by atoms with Gasteiger partial charge in [0.1, 0.15) is 0 Å². The van der Waals surface area contributed by atoms with Gasteiger partial charge in [0, 0.05) is 38.3 Å². The van der Waals surface area contributed by atoms with E-state index in [4.69, 9.17) is 10.7 Å². The smallest absolute Gasteiger partial charge is 0.332 e. The minimum atomic E-state index is -0.563. The Morgan fingerprint density at radius 2 is 1.79 bits per heavy atom. The highest BCUT2D eigenvalue weighted by atomic mass is 16.2. The molecule has 1 fully saturated rings. The summed E-state index contributed by atoms with van der Waals surface area (Å²) in [6, 6.07) is 8.70. The molecular formula is C25H32N6O3. The Bertz CT molecular complexity index is 1380. The summed E-state index contributed by atoms with van der Waals surface area (Å²) in [5.41, 5.74) is 8.48. The molecule has 0 saturated carbocycles. The molecule has 0 spiro atoms. The van der Waals surface area contributed by atoms with Gasteiger partial charge >= 0.3 is 5.69 Å². The number of carbonyl (C=O) groups is 1. The zero-order valence-electron chi connectivity index (χ0n) is 20.2. The van der Waals surface area contributed by atoms with Crippen LogP contribution in [0.1, 0.15) is 44.0 Å². The third kappa shape index (κ3) is 4.35. The van der Waals surface area contributed by atoms with Gasteiger partial charge < -0.3 is 15.2 Å². The first-order valence-corrected chi connectivity index (χ1v) is 11.6. The number of nitrogens with two attached hydrogens (primary N) is 1. The van der Waals surface area contributed by atoms with Gasteiger partial charge in [-0.1, -0.05) is 41.5 Å². The molecule has 1 saturated heterocycles. The summed E-state index contributed by atoms with van der Waals surface area (Å²) < 4.78 is 4.25. The zero-order chi connectivity index (χ0) is 24.6. The normalized spacial score (nSPS) is 16.1. The largest absolute Gasteiger partial charge is 0.341 e. The number of imidazole rings is 1. The maximum atomic E-state index is 13.7. The van der Waals surface area contributed by atoms with Gasteiger partial charge in [-0.05, 0) is 33.6 Å². The molecule has 180 valence electrons. The predicted molar refractivity (Wildman–Crippen MR) is 133 cm³/mol. The summed E-state index contributed by atoms with van der Waals surface area (Å²) in [5, 5.41) is 0. The highest BCUT2D eigenvalue weighted by Crippen LogP contribution is 2.24. The van der Waals surface area contributed by atoms with E-state index in [0.717, 1.165) is 35.1 Å². The SMILES string of the molecule is CC(C)=C(C)Cn1c(N2CCCC(N)C2)nc2c1c(=O)n(CC(=O)c1ccccc1)c(=O)n2C. The molecule has 1 atom stereocenters. The molecule has 1 unspecified atom stereocenters. The van der Waals surface area contributed by atoms with E-state index in [0.29, 0.717) is 35.8 Å². The van der Waals surface area contributed by atoms with Crippen molar-refractivity contribution in [2.24, 2.45) is 12.8 Å². The van der Waals surface area contributed by atoms with E-state index in [2.05, 4.69) is 4.90 Å². The second-order valence-electron chi connectivity index (χ2n) is 9.32. The van der Waals surface area contributed by atoms with E-state index in [1.165, 1.54) is 4.57 Å². The van der Waals surface area contributed by atoms with Crippen LogP contribution in [0.2, 0.25) is 0 Å². The third-order valence-corrected chi connectivity index (χ3v) is 6.60. The summed E-state index contributed by atoms with van der Waals surface area (Å²) in [6.45, 7) is 7.61. The molecule has 0 amide bonds. The Morgan fingerprint density at radius 3 is 2.44 bits per heavy atom. The topological polar surface area (TPSA) is 108 Å². The molecule has 34 heavy (non-hydrogen) atoms. The van der Waals surface area contributed by atoms with Gasteiger partial charge in [-0.25, -0.2) is 4.79 Å². The molecule has 9 nitrogen and oxygen atoms in total. The van der Waals surface area contributed by atoms with Crippen LogP contribution in [-0.4, -0.2) is 43.6 Å². The summed E-state index contributed by atoms with van der Waals surface area (Å²) in [6.07, 6.45) is 1.87. The number of allylic oxidation sites excluding steroid dienone is 2. The van der Waals surface area contributed by atoms with Crippen molar-refractivity contribution in [1.29, 1.82) is 0 Å². The van der Waals surface area contributed by atoms with E-state index in [1.807, 2.05) is 31.4 Å². The quantitative estimate of drug-likeness (QED) is 0.442. The molecule has 3 aromatic rings. The molecule has 9 heteroatoms. The summed E-state index contributed by atoms with van der Waals surface area (Å²) in [4.78, 5) is 46.5. The van der Waals surface area contributed by atoms with E-state index in [9.17, 15) is 14.4 Å². The number of carbonyl (C=O) groups excluding carboxylic acids is 1. The van der Waals surface area contributed by atoms with Crippen molar-refractivity contribution < 1.29 is 4.79 Å². The molecule has 1 aromatic carbocycles. The number of hydrogen-bond donors (Lipinski definition) is 1. The van der Waals surface area contributed by atoms with Gasteiger partial charge in [-0.2, -0.15) is 4.98 Å². The van der Waals surface area contributed by atoms with Crippen molar-refractivity contribution in [2.45, 2.75) is 52.7 Å². The Kier molecular flexibility index (Phi) is 6.56. The standard InChI is InChI=1S/C25H32N6O3/c1-16(2)17(3)13-30-21-22(27-24(30)29-12-8-11-19(26)14-29)28(4)25(34)31(23(21)33)15-20(32)18-9-6-5-7-10-18/h5-7,9-10,19H,8,11-15,26H2,1-4H3. The van der Waals surface area contributed by atoms with Crippen LogP contribution in [0.15, 0.2) is 51.1 Å². The Balaban J connectivity index is 1.91. The molecule has 2 N–H and O–H groups in total. The number of nitrogens with zero attached hydrogens (tertiary/aromatic N) is 5. The first-order chi connectivity index (χ1) is 16.2. The maximum Gasteiger partial charge on any atom is 0.332 e. The van der Waals surface area contributed by atoms with Gasteiger partial charge in [0.05, 0.1) is 6.54 Å². The van der Waals surface area contributed by atoms with Crippen LogP contribution in [0.5, 0.6) is 0 Å². The van der Waals surface area contributed by atoms with Crippen molar-refractivity contribution in [1.82, 2.24) is 18.7 Å². The van der Waals surface area contributed by atoms with Crippen LogP contribution in [0.25, 0.3) is 11.2 Å². The molecular weight excluding hydrogens is 432 g/mol. The Morgan fingerprint density at radius 1 is 1.09 bits per heavy atom. The van der Waals surface area contributed by atoms with Crippen LogP contribution in [0.4, 0.5) is 5.95 Å². The van der Waals surface area contributed by atoms with Gasteiger partial charge in [0.25, 0.3) is 5.56 Å². The highest BCUT2D eigenvalue weighted by molar-refractivity contribution is 5.95. The second-order valence-corrected chi connectivity index (χ2v) is 9.32. The molecule has 0 radical (unpaired) electrons. The van der Waals surface area contributed by atoms with Crippen molar-refractivity contribution in [3.05, 3.63) is 67.9 Å². The molecule has 1 aliphatic rings. The number of benzene rings is 1. The number of piperidine rings is 1. The van der Waals surface area contributed by atoms with Crippen molar-refractivity contribution in [3.8, 4) is 0 Å². The fourth-order valence-corrected chi connectivity index (χ4v) is 4.34. The van der Waals surface area contributed by atoms with Crippen molar-refractivity contribution >= 4 is 22.9 Å². The van der Waals surface area contributed by atoms with Crippen molar-refractivity contribution in [2.75, 3.05) is 18.0 Å². The second kappa shape index (κ2) is 9.42. The van der Waals surface area contributed by atoms with Gasteiger partial charge in [-0.15, -0.1) is 0 Å². The molecule has 2 aromatic heterocycles. The van der Waals surface area contributed by atoms with Gasteiger partial charge in [-0.3, -0.25) is 18.7 Å². The van der Waals surface area contributed by atoms with Crippen LogP contribution < -0.4 is 21.9 Å². The monoisotopic (exact) mass is 464 g/mol. The van der Waals surface area contributed by atoms with E-state index < -0.39 is 11.2 Å². The lowest BCUT2D eigenvalue weighted by Crippen LogP contribution is -2.44. The number of Topliss-reactive ketones (excluding diaryl/α,β-unsaturated/α-hetero) is 1. The minimum absolute atomic E-state index is 0.0236. The summed E-state index contributed by atoms with van der Waals surface area (Å²) in [7, 11) is 1.59. The summed E-state index contributed by atoms with van der Waals surface area (Å²) >= 11 is 0. The lowest BCUT2D eigenvalue weighted by molar-refractivity contribution is 0.0969. The lowest BCUT2D eigenvalue weighted by Gasteiger charge is -2.32. The number of aryl methyl sites for hydroxylation is 1. The average molecular weight is 465 g/mol. The van der Waals surface area contributed by atoms with Crippen LogP contribution in [0.3, 0.4) is 0 Å². The summed E-state index contributed by atoms with van der Waals surface area (Å²) in [5.74, 6) is 0.331. The van der Waals surface area contributed by atoms with E-state index >= 15 is 0 Å². The minimum Gasteiger partial charge on any atom is -0.341 e. The number of fused-ring (bicyclic) bond motifs is 1. The Hall–Kier alpha value is -3.46. The molecule has 0 aliphatic carbocycles. The fourth-order valence-electron chi connectivity index (χ4n) is 4.34. The third-order valence-electron chi connectivity index (χ3n) is 6.60. The maximum absolute atomic E-state index is 13.7. The van der Waals surface area contributed by atoms with E-state index in [-0.39, 0.29) is 18.4 Å². The number of ketones is 1. The molecule has 4 rings (SSSR count). The predicted octanol–water partition coefficient (Wildman–Crippen LogP) is 2.06. The van der Waals surface area contributed by atoms with Crippen LogP contribution in [0, 0.1) is 0 Å². The zero-order valence-corrected chi connectivity index (χ0v) is 20.2. The van der Waals surface area contributed by atoms with Crippen LogP contribution in [-0.2, 0) is 20.1 Å². The van der Waals surface area contributed by atoms with Crippen molar-refractivity contribution in [3.63, 3.8) is 0 Å². The fraction of sp³-hybridized carbons (Fsp3) is 0.440. The van der Waals surface area contributed by atoms with E-state index in [1.54, 1.807) is 31.3 Å². The Labute approximate surface area is 198 Å². The first-order valence-electron chi connectivity index (χ1n) is 11.6. The molecule has 3 heterocycles. The number of anilines is 1. The average Bonchev–Trinajstić information content (AvgIpc) is 3.20. The number of aromatic nitrogens is 4.